The molecule has 0 radical (unpaired) electrons. The Morgan fingerprint density at radius 3 is 2.41 bits per heavy atom. The standard InChI is InChI=1S/C10H17N3O4/c1-10(2,8(11)16)12-9(17)13-4-3-6(5-13)7(14)15/h6H,3-5H2,1-2H3,(H2,11,16)(H,12,17)(H,14,15). The van der Waals surface area contributed by atoms with Gasteiger partial charge in [0.2, 0.25) is 5.91 Å². The maximum Gasteiger partial charge on any atom is 0.318 e. The molecule has 17 heavy (non-hydrogen) atoms. The molecular weight excluding hydrogens is 226 g/mol. The molecular formula is C10H17N3O4. The molecule has 1 aliphatic heterocycles. The molecule has 0 spiro atoms. The van der Waals surface area contributed by atoms with E-state index in [1.807, 2.05) is 0 Å². The van der Waals surface area contributed by atoms with Gasteiger partial charge in [0.25, 0.3) is 0 Å². The molecule has 1 heterocycles. The molecule has 7 heteroatoms. The van der Waals surface area contributed by atoms with Crippen molar-refractivity contribution in [2.75, 3.05) is 13.1 Å². The van der Waals surface area contributed by atoms with Gasteiger partial charge in [0.15, 0.2) is 0 Å². The lowest BCUT2D eigenvalue weighted by atomic mass is 10.1. The average molecular weight is 243 g/mol. The summed E-state index contributed by atoms with van der Waals surface area (Å²) in [6.07, 6.45) is 0.430. The Labute approximate surface area is 98.9 Å². The van der Waals surface area contributed by atoms with Crippen molar-refractivity contribution in [3.05, 3.63) is 0 Å². The summed E-state index contributed by atoms with van der Waals surface area (Å²) >= 11 is 0. The molecule has 1 unspecified atom stereocenters. The van der Waals surface area contributed by atoms with E-state index in [0.29, 0.717) is 13.0 Å². The second-order valence-corrected chi connectivity index (χ2v) is 4.69. The zero-order valence-electron chi connectivity index (χ0n) is 9.90. The van der Waals surface area contributed by atoms with Gasteiger partial charge in [-0.15, -0.1) is 0 Å². The van der Waals surface area contributed by atoms with Crippen LogP contribution in [0.15, 0.2) is 0 Å². The van der Waals surface area contributed by atoms with Gasteiger partial charge in [0.05, 0.1) is 5.92 Å². The number of aliphatic carboxylic acids is 1. The summed E-state index contributed by atoms with van der Waals surface area (Å²) in [5.74, 6) is -2.08. The van der Waals surface area contributed by atoms with E-state index in [1.165, 1.54) is 18.7 Å². The highest BCUT2D eigenvalue weighted by molar-refractivity contribution is 5.89. The van der Waals surface area contributed by atoms with E-state index in [9.17, 15) is 14.4 Å². The Kier molecular flexibility index (Phi) is 3.59. The average Bonchev–Trinajstić information content (AvgIpc) is 2.65. The molecule has 0 bridgehead atoms. The molecule has 96 valence electrons. The minimum absolute atomic E-state index is 0.163. The maximum absolute atomic E-state index is 11.7. The van der Waals surface area contributed by atoms with Crippen molar-refractivity contribution in [3.8, 4) is 0 Å². The normalized spacial score (nSPS) is 20.1. The summed E-state index contributed by atoms with van der Waals surface area (Å²) in [5.41, 5.74) is 3.99. The maximum atomic E-state index is 11.7. The Balaban J connectivity index is 2.56. The summed E-state index contributed by atoms with van der Waals surface area (Å²) in [4.78, 5) is 34.9. The summed E-state index contributed by atoms with van der Waals surface area (Å²) in [7, 11) is 0. The number of nitrogens with two attached hydrogens (primary N) is 1. The third-order valence-electron chi connectivity index (χ3n) is 2.86. The number of carbonyl (C=O) groups is 3. The predicted octanol–water partition coefficient (Wildman–Crippen LogP) is -0.634. The number of amides is 3. The van der Waals surface area contributed by atoms with Crippen LogP contribution >= 0.6 is 0 Å². The van der Waals surface area contributed by atoms with Crippen molar-refractivity contribution in [1.82, 2.24) is 10.2 Å². The van der Waals surface area contributed by atoms with Crippen LogP contribution in [0.1, 0.15) is 20.3 Å². The van der Waals surface area contributed by atoms with Gasteiger partial charge in [0, 0.05) is 13.1 Å². The topological polar surface area (TPSA) is 113 Å². The number of urea groups is 1. The van der Waals surface area contributed by atoms with Gasteiger partial charge in [-0.05, 0) is 20.3 Å². The van der Waals surface area contributed by atoms with Gasteiger partial charge in [-0.3, -0.25) is 9.59 Å². The molecule has 0 saturated carbocycles. The van der Waals surface area contributed by atoms with Gasteiger partial charge >= 0.3 is 12.0 Å². The molecule has 1 rings (SSSR count). The Bertz CT molecular complexity index is 353. The van der Waals surface area contributed by atoms with E-state index in [4.69, 9.17) is 10.8 Å². The van der Waals surface area contributed by atoms with Crippen LogP contribution in [0, 0.1) is 5.92 Å². The molecule has 1 aliphatic rings. The fraction of sp³-hybridized carbons (Fsp3) is 0.700. The molecule has 3 amide bonds. The van der Waals surface area contributed by atoms with Gasteiger partial charge in [-0.2, -0.15) is 0 Å². The smallest absolute Gasteiger partial charge is 0.318 e. The van der Waals surface area contributed by atoms with Crippen molar-refractivity contribution in [2.24, 2.45) is 11.7 Å². The fourth-order valence-electron chi connectivity index (χ4n) is 1.55. The molecule has 1 atom stereocenters. The SMILES string of the molecule is CC(C)(NC(=O)N1CCC(C(=O)O)C1)C(N)=O. The zero-order chi connectivity index (χ0) is 13.2. The van der Waals surface area contributed by atoms with Gasteiger partial charge in [-0.25, -0.2) is 4.79 Å². The minimum atomic E-state index is -1.14. The number of carboxylic acid groups (broad SMARTS) is 1. The number of carbonyl (C=O) groups excluding carboxylic acids is 2. The highest BCUT2D eigenvalue weighted by Crippen LogP contribution is 2.16. The van der Waals surface area contributed by atoms with E-state index < -0.39 is 29.4 Å². The summed E-state index contributed by atoms with van der Waals surface area (Å²) in [5, 5.41) is 11.3. The van der Waals surface area contributed by atoms with Crippen LogP contribution < -0.4 is 11.1 Å². The molecule has 4 N–H and O–H groups in total. The second-order valence-electron chi connectivity index (χ2n) is 4.69. The summed E-state index contributed by atoms with van der Waals surface area (Å²) in [6, 6.07) is -0.461. The van der Waals surface area contributed by atoms with Crippen molar-refractivity contribution in [1.29, 1.82) is 0 Å². The van der Waals surface area contributed by atoms with Crippen molar-refractivity contribution in [3.63, 3.8) is 0 Å². The lowest BCUT2D eigenvalue weighted by Crippen LogP contribution is -2.56. The zero-order valence-corrected chi connectivity index (χ0v) is 9.90. The molecule has 0 aromatic rings. The number of nitrogens with one attached hydrogen (secondary N) is 1. The molecule has 1 saturated heterocycles. The van der Waals surface area contributed by atoms with Crippen LogP contribution in [0.4, 0.5) is 4.79 Å². The van der Waals surface area contributed by atoms with Crippen LogP contribution in [0.5, 0.6) is 0 Å². The molecule has 7 nitrogen and oxygen atoms in total. The quantitative estimate of drug-likeness (QED) is 0.612. The molecule has 0 aliphatic carbocycles. The lowest BCUT2D eigenvalue weighted by Gasteiger charge is -2.26. The van der Waals surface area contributed by atoms with E-state index >= 15 is 0 Å². The van der Waals surface area contributed by atoms with E-state index in [1.54, 1.807) is 0 Å². The Morgan fingerprint density at radius 1 is 1.41 bits per heavy atom. The monoisotopic (exact) mass is 243 g/mol. The highest BCUT2D eigenvalue weighted by Gasteiger charge is 2.34. The summed E-state index contributed by atoms with van der Waals surface area (Å²) in [6.45, 7) is 3.53. The van der Waals surface area contributed by atoms with Crippen LogP contribution in [-0.4, -0.2) is 46.5 Å². The Hall–Kier alpha value is -1.79. The van der Waals surface area contributed by atoms with Crippen LogP contribution in [0.2, 0.25) is 0 Å². The first-order valence-corrected chi connectivity index (χ1v) is 5.34. The Morgan fingerprint density at radius 2 is 2.00 bits per heavy atom. The number of hydrogen-bond donors (Lipinski definition) is 3. The highest BCUT2D eigenvalue weighted by atomic mass is 16.4. The molecule has 0 aromatic carbocycles. The summed E-state index contributed by atoms with van der Waals surface area (Å²) < 4.78 is 0. The van der Waals surface area contributed by atoms with Crippen LogP contribution in [-0.2, 0) is 9.59 Å². The van der Waals surface area contributed by atoms with E-state index in [-0.39, 0.29) is 6.54 Å². The van der Waals surface area contributed by atoms with Crippen molar-refractivity contribution >= 4 is 17.9 Å². The van der Waals surface area contributed by atoms with Crippen LogP contribution in [0.25, 0.3) is 0 Å². The van der Waals surface area contributed by atoms with E-state index in [2.05, 4.69) is 5.32 Å². The largest absolute Gasteiger partial charge is 0.481 e. The first-order valence-electron chi connectivity index (χ1n) is 5.34. The first-order chi connectivity index (χ1) is 7.74. The van der Waals surface area contributed by atoms with Crippen molar-refractivity contribution < 1.29 is 19.5 Å². The number of carboxylic acids is 1. The number of hydrogen-bond acceptors (Lipinski definition) is 3. The lowest BCUT2D eigenvalue weighted by molar-refractivity contribution is -0.141. The third-order valence-corrected chi connectivity index (χ3v) is 2.86. The number of likely N-dealkylation sites (tertiary alicyclic amines) is 1. The first kappa shape index (κ1) is 13.3. The predicted molar refractivity (Wildman–Crippen MR) is 59.1 cm³/mol. The van der Waals surface area contributed by atoms with Gasteiger partial charge in [0.1, 0.15) is 5.54 Å². The van der Waals surface area contributed by atoms with Gasteiger partial charge in [-0.1, -0.05) is 0 Å². The van der Waals surface area contributed by atoms with Crippen molar-refractivity contribution in [2.45, 2.75) is 25.8 Å². The van der Waals surface area contributed by atoms with Crippen LogP contribution in [0.3, 0.4) is 0 Å². The number of primary amides is 1. The molecule has 0 aromatic heterocycles. The fourth-order valence-corrected chi connectivity index (χ4v) is 1.55. The number of nitrogens with zero attached hydrogens (tertiary/aromatic N) is 1. The number of rotatable bonds is 3. The van der Waals surface area contributed by atoms with Gasteiger partial charge < -0.3 is 21.1 Å². The third kappa shape index (κ3) is 3.08. The molecule has 1 fully saturated rings. The second kappa shape index (κ2) is 4.60. The van der Waals surface area contributed by atoms with E-state index in [0.717, 1.165) is 0 Å². The minimum Gasteiger partial charge on any atom is -0.481 e.